The molecule has 4 aromatic rings. The molecule has 0 aliphatic carbocycles. The van der Waals surface area contributed by atoms with Gasteiger partial charge >= 0.3 is 0 Å². The number of nitrogens with one attached hydrogen (secondary N) is 2. The second kappa shape index (κ2) is 11.7. The van der Waals surface area contributed by atoms with Crippen molar-refractivity contribution >= 4 is 39.0 Å². The van der Waals surface area contributed by atoms with Gasteiger partial charge in [-0.05, 0) is 61.7 Å². The van der Waals surface area contributed by atoms with Crippen LogP contribution in [0.2, 0.25) is 0 Å². The van der Waals surface area contributed by atoms with E-state index in [1.54, 1.807) is 36.0 Å². The van der Waals surface area contributed by atoms with Gasteiger partial charge < -0.3 is 25.4 Å². The summed E-state index contributed by atoms with van der Waals surface area (Å²) in [5.41, 5.74) is 4.04. The van der Waals surface area contributed by atoms with Crippen molar-refractivity contribution in [3.8, 4) is 11.5 Å². The first-order valence-electron chi connectivity index (χ1n) is 12.5. The first-order valence-corrected chi connectivity index (χ1v) is 13.3. The Labute approximate surface area is 225 Å². The van der Waals surface area contributed by atoms with E-state index in [1.165, 1.54) is 5.56 Å². The Morgan fingerprint density at radius 2 is 2.11 bits per heavy atom. The lowest BCUT2D eigenvalue weighted by molar-refractivity contribution is -0.126. The summed E-state index contributed by atoms with van der Waals surface area (Å²) in [5, 5.41) is 16.4. The van der Waals surface area contributed by atoms with Crippen molar-refractivity contribution in [3.63, 3.8) is 0 Å². The number of carbonyl (C=O) groups is 1. The highest BCUT2D eigenvalue weighted by Crippen LogP contribution is 2.38. The molecular formula is C28H30N6O3S. The van der Waals surface area contributed by atoms with Crippen LogP contribution in [-0.4, -0.2) is 57.1 Å². The fourth-order valence-electron chi connectivity index (χ4n) is 4.36. The van der Waals surface area contributed by atoms with Crippen LogP contribution in [0.1, 0.15) is 21.7 Å². The van der Waals surface area contributed by atoms with Crippen LogP contribution in [0, 0.1) is 13.8 Å². The molecule has 0 radical (unpaired) electrons. The zero-order valence-corrected chi connectivity index (χ0v) is 22.2. The molecule has 1 aliphatic rings. The molecule has 1 aromatic carbocycles. The highest BCUT2D eigenvalue weighted by Gasteiger charge is 2.25. The Hall–Kier alpha value is -3.86. The van der Waals surface area contributed by atoms with Crippen molar-refractivity contribution in [2.24, 2.45) is 0 Å². The number of aromatic nitrogens is 3. The van der Waals surface area contributed by atoms with Gasteiger partial charge in [-0.15, -0.1) is 11.3 Å². The molecule has 3 aromatic heterocycles. The SMILES string of the molecule is Cc1ccc(Oc2ccc(Nc3ncnc4sc5c(c34)CCN(C(=O)/C=C/CNCCO)C5)cc2C)cn1. The van der Waals surface area contributed by atoms with Crippen molar-refractivity contribution < 1.29 is 14.6 Å². The summed E-state index contributed by atoms with van der Waals surface area (Å²) in [4.78, 5) is 29.9. The molecule has 5 rings (SSSR count). The van der Waals surface area contributed by atoms with Crippen LogP contribution < -0.4 is 15.4 Å². The summed E-state index contributed by atoms with van der Waals surface area (Å²) in [6.07, 6.45) is 7.44. The van der Waals surface area contributed by atoms with Crippen molar-refractivity contribution in [3.05, 3.63) is 76.7 Å². The van der Waals surface area contributed by atoms with E-state index >= 15 is 0 Å². The number of carbonyl (C=O) groups excluding carboxylic acids is 1. The van der Waals surface area contributed by atoms with Crippen molar-refractivity contribution in [2.45, 2.75) is 26.8 Å². The maximum atomic E-state index is 12.7. The Bertz CT molecular complexity index is 1470. The normalized spacial score (nSPS) is 13.2. The molecule has 38 heavy (non-hydrogen) atoms. The largest absolute Gasteiger partial charge is 0.455 e. The van der Waals surface area contributed by atoms with Gasteiger partial charge in [-0.2, -0.15) is 0 Å². The van der Waals surface area contributed by atoms with Crippen LogP contribution in [0.5, 0.6) is 11.5 Å². The quantitative estimate of drug-likeness (QED) is 0.217. The lowest BCUT2D eigenvalue weighted by Crippen LogP contribution is -2.34. The molecular weight excluding hydrogens is 500 g/mol. The molecule has 0 saturated heterocycles. The third-order valence-electron chi connectivity index (χ3n) is 6.31. The van der Waals surface area contributed by atoms with Crippen molar-refractivity contribution in [1.82, 2.24) is 25.2 Å². The molecule has 4 heterocycles. The van der Waals surface area contributed by atoms with Crippen LogP contribution in [0.25, 0.3) is 10.2 Å². The summed E-state index contributed by atoms with van der Waals surface area (Å²) in [6, 6.07) is 9.78. The number of anilines is 2. The fraction of sp³-hybridized carbons (Fsp3) is 0.286. The van der Waals surface area contributed by atoms with Gasteiger partial charge in [-0.1, -0.05) is 6.08 Å². The van der Waals surface area contributed by atoms with Crippen molar-refractivity contribution in [1.29, 1.82) is 0 Å². The number of aliphatic hydroxyl groups excluding tert-OH is 1. The van der Waals surface area contributed by atoms with E-state index in [0.29, 0.717) is 31.9 Å². The molecule has 0 atom stereocenters. The highest BCUT2D eigenvalue weighted by molar-refractivity contribution is 7.19. The highest BCUT2D eigenvalue weighted by atomic mass is 32.1. The van der Waals surface area contributed by atoms with Gasteiger partial charge in [0, 0.05) is 42.0 Å². The Morgan fingerprint density at radius 3 is 2.89 bits per heavy atom. The third kappa shape index (κ3) is 5.83. The Kier molecular flexibility index (Phi) is 7.92. The number of pyridine rings is 1. The van der Waals surface area contributed by atoms with Crippen LogP contribution >= 0.6 is 11.3 Å². The smallest absolute Gasteiger partial charge is 0.246 e. The second-order valence-electron chi connectivity index (χ2n) is 9.09. The number of aryl methyl sites for hydroxylation is 2. The van der Waals surface area contributed by atoms with E-state index in [2.05, 4.69) is 25.6 Å². The molecule has 196 valence electrons. The zero-order valence-electron chi connectivity index (χ0n) is 21.4. The third-order valence-corrected chi connectivity index (χ3v) is 7.43. The summed E-state index contributed by atoms with van der Waals surface area (Å²) in [7, 11) is 0. The maximum Gasteiger partial charge on any atom is 0.246 e. The molecule has 1 aliphatic heterocycles. The summed E-state index contributed by atoms with van der Waals surface area (Å²) in [5.74, 6) is 2.22. The van der Waals surface area contributed by atoms with E-state index in [4.69, 9.17) is 9.84 Å². The molecule has 9 nitrogen and oxygen atoms in total. The monoisotopic (exact) mass is 530 g/mol. The average molecular weight is 531 g/mol. The number of hydrogen-bond acceptors (Lipinski definition) is 9. The van der Waals surface area contributed by atoms with E-state index in [9.17, 15) is 4.79 Å². The summed E-state index contributed by atoms with van der Waals surface area (Å²) < 4.78 is 6.01. The standard InChI is InChI=1S/C28H30N6O3S/c1-18-14-20(6-8-23(18)37-21-7-5-19(2)30-15-21)33-27-26-22-9-12-34(25(36)4-3-10-29-11-13-35)16-24(22)38-28(26)32-17-31-27/h3-8,14-15,17,29,35H,9-13,16H2,1-2H3,(H,31,32,33)/b4-3+. The predicted octanol–water partition coefficient (Wildman–Crippen LogP) is 4.26. The Balaban J connectivity index is 1.31. The number of thiophene rings is 1. The topological polar surface area (TPSA) is 112 Å². The Morgan fingerprint density at radius 1 is 1.21 bits per heavy atom. The molecule has 1 amide bonds. The lowest BCUT2D eigenvalue weighted by atomic mass is 10.0. The van der Waals surface area contributed by atoms with Gasteiger partial charge in [-0.25, -0.2) is 9.97 Å². The molecule has 0 spiro atoms. The van der Waals surface area contributed by atoms with Gasteiger partial charge in [0.25, 0.3) is 0 Å². The molecule has 0 bridgehead atoms. The first kappa shape index (κ1) is 25.8. The molecule has 10 heteroatoms. The predicted molar refractivity (Wildman–Crippen MR) is 149 cm³/mol. The number of aliphatic hydroxyl groups is 1. The fourth-order valence-corrected chi connectivity index (χ4v) is 5.56. The van der Waals surface area contributed by atoms with Gasteiger partial charge in [-0.3, -0.25) is 9.78 Å². The maximum absolute atomic E-state index is 12.7. The van der Waals surface area contributed by atoms with Gasteiger partial charge in [0.1, 0.15) is 28.5 Å². The molecule has 3 N–H and O–H groups in total. The number of ether oxygens (including phenoxy) is 1. The molecule has 0 fully saturated rings. The molecule has 0 unspecified atom stereocenters. The van der Waals surface area contributed by atoms with E-state index in [1.807, 2.05) is 49.1 Å². The number of rotatable bonds is 9. The van der Waals surface area contributed by atoms with Crippen LogP contribution in [0.3, 0.4) is 0 Å². The number of benzene rings is 1. The number of fused-ring (bicyclic) bond motifs is 3. The van der Waals surface area contributed by atoms with Crippen LogP contribution in [-0.2, 0) is 17.8 Å². The average Bonchev–Trinajstić information content (AvgIpc) is 3.30. The minimum atomic E-state index is -0.0115. The minimum Gasteiger partial charge on any atom is -0.455 e. The number of amides is 1. The van der Waals surface area contributed by atoms with Crippen molar-refractivity contribution in [2.75, 3.05) is 31.6 Å². The number of hydrogen-bond donors (Lipinski definition) is 3. The number of nitrogens with zero attached hydrogens (tertiary/aromatic N) is 4. The van der Waals surface area contributed by atoms with E-state index in [0.717, 1.165) is 50.0 Å². The van der Waals surface area contributed by atoms with Gasteiger partial charge in [0.15, 0.2) is 0 Å². The van der Waals surface area contributed by atoms with E-state index < -0.39 is 0 Å². The molecule has 0 saturated carbocycles. The van der Waals surface area contributed by atoms with Crippen LogP contribution in [0.15, 0.2) is 55.0 Å². The van der Waals surface area contributed by atoms with E-state index in [-0.39, 0.29) is 12.5 Å². The first-order chi connectivity index (χ1) is 18.5. The summed E-state index contributed by atoms with van der Waals surface area (Å²) >= 11 is 1.61. The summed E-state index contributed by atoms with van der Waals surface area (Å²) in [6.45, 7) is 6.28. The minimum absolute atomic E-state index is 0.0115. The second-order valence-corrected chi connectivity index (χ2v) is 10.2. The van der Waals surface area contributed by atoms with Gasteiger partial charge in [0.05, 0.1) is 24.7 Å². The van der Waals surface area contributed by atoms with Crippen LogP contribution in [0.4, 0.5) is 11.5 Å². The lowest BCUT2D eigenvalue weighted by Gasteiger charge is -2.26. The van der Waals surface area contributed by atoms with Gasteiger partial charge in [0.2, 0.25) is 5.91 Å². The zero-order chi connectivity index (χ0) is 26.5.